The van der Waals surface area contributed by atoms with E-state index in [-0.39, 0.29) is 6.61 Å². The fourth-order valence-corrected chi connectivity index (χ4v) is 2.88. The second kappa shape index (κ2) is 7.52. The highest BCUT2D eigenvalue weighted by atomic mass is 32.1. The molecular formula is C18H14N2O3S. The van der Waals surface area contributed by atoms with Crippen LogP contribution in [0.5, 0.6) is 0 Å². The molecule has 0 aliphatic heterocycles. The third-order valence-electron chi connectivity index (χ3n) is 3.10. The van der Waals surface area contributed by atoms with Crippen molar-refractivity contribution in [1.29, 1.82) is 0 Å². The second-order valence-electron chi connectivity index (χ2n) is 4.89. The van der Waals surface area contributed by atoms with Crippen LogP contribution in [0.4, 0.5) is 5.13 Å². The number of hydrogen-bond donors (Lipinski definition) is 1. The maximum Gasteiger partial charge on any atom is 0.331 e. The predicted molar refractivity (Wildman–Crippen MR) is 94.7 cm³/mol. The van der Waals surface area contributed by atoms with E-state index in [1.54, 1.807) is 6.08 Å². The van der Waals surface area contributed by atoms with E-state index in [4.69, 9.17) is 4.74 Å². The lowest BCUT2D eigenvalue weighted by Crippen LogP contribution is -2.19. The molecule has 1 heterocycles. The summed E-state index contributed by atoms with van der Waals surface area (Å²) in [5, 5.41) is 3.11. The van der Waals surface area contributed by atoms with Crippen LogP contribution in [0.1, 0.15) is 5.56 Å². The molecule has 3 aromatic rings. The zero-order valence-electron chi connectivity index (χ0n) is 12.6. The lowest BCUT2D eigenvalue weighted by atomic mass is 10.2. The van der Waals surface area contributed by atoms with E-state index in [0.717, 1.165) is 15.8 Å². The normalized spacial score (nSPS) is 10.8. The smallest absolute Gasteiger partial charge is 0.331 e. The van der Waals surface area contributed by atoms with Gasteiger partial charge in [0.1, 0.15) is 0 Å². The standard InChI is InChI=1S/C18H14N2O3S/c21-16(20-18-19-14-8-4-5-9-15(14)24-18)12-23-17(22)11-10-13-6-2-1-3-7-13/h1-11H,12H2,(H,19,20,21)/b11-10+. The summed E-state index contributed by atoms with van der Waals surface area (Å²) in [6.07, 6.45) is 2.92. The van der Waals surface area contributed by atoms with Crippen molar-refractivity contribution >= 4 is 44.6 Å². The Morgan fingerprint density at radius 3 is 2.62 bits per heavy atom. The van der Waals surface area contributed by atoms with Gasteiger partial charge in [0.15, 0.2) is 11.7 Å². The quantitative estimate of drug-likeness (QED) is 0.571. The van der Waals surface area contributed by atoms with Gasteiger partial charge in [-0.2, -0.15) is 0 Å². The van der Waals surface area contributed by atoms with Gasteiger partial charge < -0.3 is 4.74 Å². The van der Waals surface area contributed by atoms with Crippen molar-refractivity contribution in [2.45, 2.75) is 0 Å². The Morgan fingerprint density at radius 2 is 1.83 bits per heavy atom. The maximum atomic E-state index is 11.8. The number of fused-ring (bicyclic) bond motifs is 1. The number of amides is 1. The van der Waals surface area contributed by atoms with E-state index in [1.165, 1.54) is 17.4 Å². The van der Waals surface area contributed by atoms with Crippen molar-refractivity contribution < 1.29 is 14.3 Å². The van der Waals surface area contributed by atoms with Gasteiger partial charge in [0.2, 0.25) is 0 Å². The SMILES string of the molecule is O=C(COC(=O)/C=C/c1ccccc1)Nc1nc2ccccc2s1. The first kappa shape index (κ1) is 15.9. The molecule has 120 valence electrons. The summed E-state index contributed by atoms with van der Waals surface area (Å²) in [7, 11) is 0. The zero-order chi connectivity index (χ0) is 16.8. The number of esters is 1. The van der Waals surface area contributed by atoms with Crippen molar-refractivity contribution in [2.75, 3.05) is 11.9 Å². The zero-order valence-corrected chi connectivity index (χ0v) is 13.5. The van der Waals surface area contributed by atoms with Gasteiger partial charge in [-0.25, -0.2) is 9.78 Å². The Bertz CT molecular complexity index is 854. The summed E-state index contributed by atoms with van der Waals surface area (Å²) in [5.41, 5.74) is 1.70. The van der Waals surface area contributed by atoms with Crippen LogP contribution in [-0.2, 0) is 14.3 Å². The lowest BCUT2D eigenvalue weighted by molar-refractivity contribution is -0.142. The van der Waals surface area contributed by atoms with Gasteiger partial charge >= 0.3 is 5.97 Å². The number of anilines is 1. The first-order valence-corrected chi connectivity index (χ1v) is 8.08. The first-order chi connectivity index (χ1) is 11.7. The molecule has 1 aromatic heterocycles. The summed E-state index contributed by atoms with van der Waals surface area (Å²) in [5.74, 6) is -0.992. The molecule has 24 heavy (non-hydrogen) atoms. The molecule has 2 aromatic carbocycles. The van der Waals surface area contributed by atoms with E-state index in [2.05, 4.69) is 10.3 Å². The van der Waals surface area contributed by atoms with Crippen LogP contribution in [0.15, 0.2) is 60.7 Å². The number of carbonyl (C=O) groups excluding carboxylic acids is 2. The average molecular weight is 338 g/mol. The number of aromatic nitrogens is 1. The molecule has 1 amide bonds. The summed E-state index contributed by atoms with van der Waals surface area (Å²) in [4.78, 5) is 27.7. The predicted octanol–water partition coefficient (Wildman–Crippen LogP) is 3.49. The molecule has 0 aliphatic rings. The molecule has 0 unspecified atom stereocenters. The Morgan fingerprint density at radius 1 is 1.08 bits per heavy atom. The minimum absolute atomic E-state index is 0.353. The molecule has 0 atom stereocenters. The van der Waals surface area contributed by atoms with Crippen molar-refractivity contribution in [2.24, 2.45) is 0 Å². The number of rotatable bonds is 5. The third kappa shape index (κ3) is 4.27. The number of hydrogen-bond acceptors (Lipinski definition) is 5. The van der Waals surface area contributed by atoms with E-state index in [1.807, 2.05) is 54.6 Å². The van der Waals surface area contributed by atoms with Gasteiger partial charge in [0.05, 0.1) is 10.2 Å². The summed E-state index contributed by atoms with van der Waals surface area (Å²) >= 11 is 1.37. The molecule has 3 rings (SSSR count). The summed E-state index contributed by atoms with van der Waals surface area (Å²) in [6.45, 7) is -0.353. The molecule has 5 nitrogen and oxygen atoms in total. The van der Waals surface area contributed by atoms with E-state index < -0.39 is 11.9 Å². The minimum Gasteiger partial charge on any atom is -0.452 e. The molecule has 0 saturated carbocycles. The number of ether oxygens (including phenoxy) is 1. The number of benzene rings is 2. The molecular weight excluding hydrogens is 324 g/mol. The molecule has 0 spiro atoms. The minimum atomic E-state index is -0.571. The fraction of sp³-hybridized carbons (Fsp3) is 0.0556. The third-order valence-corrected chi connectivity index (χ3v) is 4.05. The molecule has 0 saturated heterocycles. The molecule has 6 heteroatoms. The van der Waals surface area contributed by atoms with Gasteiger partial charge in [-0.05, 0) is 23.8 Å². The Balaban J connectivity index is 1.50. The number of thiazole rings is 1. The van der Waals surface area contributed by atoms with Crippen LogP contribution < -0.4 is 5.32 Å². The monoisotopic (exact) mass is 338 g/mol. The summed E-state index contributed by atoms with van der Waals surface area (Å²) < 4.78 is 5.89. The van der Waals surface area contributed by atoms with Crippen molar-refractivity contribution in [1.82, 2.24) is 4.98 Å². The van der Waals surface area contributed by atoms with Gasteiger partial charge in [0, 0.05) is 6.08 Å². The van der Waals surface area contributed by atoms with Crippen LogP contribution in [0.25, 0.3) is 16.3 Å². The summed E-state index contributed by atoms with van der Waals surface area (Å²) in [6, 6.07) is 17.0. The van der Waals surface area contributed by atoms with E-state index in [9.17, 15) is 9.59 Å². The topological polar surface area (TPSA) is 68.3 Å². The number of nitrogens with one attached hydrogen (secondary N) is 1. The van der Waals surface area contributed by atoms with Gasteiger partial charge in [0.25, 0.3) is 5.91 Å². The van der Waals surface area contributed by atoms with Crippen molar-refractivity contribution in [3.8, 4) is 0 Å². The van der Waals surface area contributed by atoms with Gasteiger partial charge in [-0.1, -0.05) is 53.8 Å². The average Bonchev–Trinajstić information content (AvgIpc) is 3.01. The highest BCUT2D eigenvalue weighted by Gasteiger charge is 2.09. The molecule has 0 aliphatic carbocycles. The van der Waals surface area contributed by atoms with Crippen LogP contribution >= 0.6 is 11.3 Å². The highest BCUT2D eigenvalue weighted by Crippen LogP contribution is 2.25. The van der Waals surface area contributed by atoms with Crippen molar-refractivity contribution in [3.05, 3.63) is 66.2 Å². The number of para-hydroxylation sites is 1. The molecule has 0 radical (unpaired) electrons. The molecule has 1 N–H and O–H groups in total. The fourth-order valence-electron chi connectivity index (χ4n) is 1.99. The van der Waals surface area contributed by atoms with Gasteiger partial charge in [-0.3, -0.25) is 10.1 Å². The maximum absolute atomic E-state index is 11.8. The molecule has 0 bridgehead atoms. The number of nitrogens with zero attached hydrogens (tertiary/aromatic N) is 1. The largest absolute Gasteiger partial charge is 0.452 e. The van der Waals surface area contributed by atoms with Crippen LogP contribution in [0, 0.1) is 0 Å². The Kier molecular flexibility index (Phi) is 4.98. The van der Waals surface area contributed by atoms with Crippen LogP contribution in [0.2, 0.25) is 0 Å². The van der Waals surface area contributed by atoms with Crippen molar-refractivity contribution in [3.63, 3.8) is 0 Å². The van der Waals surface area contributed by atoms with Crippen LogP contribution in [-0.4, -0.2) is 23.5 Å². The number of carbonyl (C=O) groups is 2. The van der Waals surface area contributed by atoms with E-state index in [0.29, 0.717) is 5.13 Å². The van der Waals surface area contributed by atoms with E-state index >= 15 is 0 Å². The van der Waals surface area contributed by atoms with Crippen LogP contribution in [0.3, 0.4) is 0 Å². The second-order valence-corrected chi connectivity index (χ2v) is 5.92. The lowest BCUT2D eigenvalue weighted by Gasteiger charge is -2.01. The highest BCUT2D eigenvalue weighted by molar-refractivity contribution is 7.22. The Labute approximate surface area is 142 Å². The Hall–Kier alpha value is -2.99. The van der Waals surface area contributed by atoms with Gasteiger partial charge in [-0.15, -0.1) is 0 Å². The first-order valence-electron chi connectivity index (χ1n) is 7.26. The molecule has 0 fully saturated rings.